The molecule has 0 aromatic carbocycles. The molecule has 4 heteroatoms. The first kappa shape index (κ1) is 16.2. The number of carbonyl (C=O) groups excluding carboxylic acids is 1. The summed E-state index contributed by atoms with van der Waals surface area (Å²) in [5.41, 5.74) is 2.38. The fourth-order valence-corrected chi connectivity index (χ4v) is 1.35. The van der Waals surface area contributed by atoms with E-state index in [9.17, 15) is 4.79 Å². The van der Waals surface area contributed by atoms with E-state index in [1.165, 1.54) is 0 Å². The van der Waals surface area contributed by atoms with E-state index in [1.807, 2.05) is 25.8 Å². The number of nitrogens with one attached hydrogen (secondary N) is 1. The predicted octanol–water partition coefficient (Wildman–Crippen LogP) is 3.33. The van der Waals surface area contributed by atoms with Gasteiger partial charge in [-0.15, -0.1) is 0 Å². The van der Waals surface area contributed by atoms with Crippen molar-refractivity contribution < 1.29 is 9.53 Å². The smallest absolute Gasteiger partial charge is 0.422 e. The molecule has 0 aliphatic heterocycles. The number of amides is 1. The average Bonchev–Trinajstić information content (AvgIpc) is 2.19. The molecule has 0 saturated carbocycles. The summed E-state index contributed by atoms with van der Waals surface area (Å²) < 4.78 is 5.24. The number of nitrogens with zero attached hydrogens (tertiary/aromatic N) is 1. The third-order valence-electron chi connectivity index (χ3n) is 2.21. The number of unbranched alkanes of at least 4 members (excludes halogenated alkanes) is 2. The fraction of sp³-hybridized carbons (Fsp3) is 0.923. The molecule has 0 saturated heterocycles. The van der Waals surface area contributed by atoms with Crippen molar-refractivity contribution in [3.05, 3.63) is 0 Å². The Balaban J connectivity index is 4.07. The van der Waals surface area contributed by atoms with E-state index in [1.54, 1.807) is 0 Å². The van der Waals surface area contributed by atoms with Crippen LogP contribution in [0.25, 0.3) is 0 Å². The zero-order valence-electron chi connectivity index (χ0n) is 12.0. The van der Waals surface area contributed by atoms with E-state index in [0.717, 1.165) is 38.8 Å². The number of rotatable bonds is 7. The largest absolute Gasteiger partial charge is 0.443 e. The lowest BCUT2D eigenvalue weighted by Crippen LogP contribution is -2.45. The number of carbonyl (C=O) groups is 1. The molecular formula is C13H28N2O2. The first-order chi connectivity index (χ1) is 7.89. The maximum absolute atomic E-state index is 11.6. The summed E-state index contributed by atoms with van der Waals surface area (Å²) in [6, 6.07) is 0. The second-order valence-electron chi connectivity index (χ2n) is 5.31. The van der Waals surface area contributed by atoms with Crippen LogP contribution in [0.5, 0.6) is 0 Å². The Morgan fingerprint density at radius 3 is 1.94 bits per heavy atom. The SMILES string of the molecule is CCCCN(CCCC)NC(=O)OC(C)(C)C. The van der Waals surface area contributed by atoms with E-state index < -0.39 is 5.60 Å². The van der Waals surface area contributed by atoms with Crippen molar-refractivity contribution in [2.75, 3.05) is 13.1 Å². The van der Waals surface area contributed by atoms with Crippen LogP contribution in [0.15, 0.2) is 0 Å². The van der Waals surface area contributed by atoms with Crippen molar-refractivity contribution in [2.45, 2.75) is 65.9 Å². The van der Waals surface area contributed by atoms with Gasteiger partial charge in [-0.2, -0.15) is 0 Å². The lowest BCUT2D eigenvalue weighted by atomic mass is 10.2. The van der Waals surface area contributed by atoms with Crippen molar-refractivity contribution in [3.8, 4) is 0 Å². The Bertz CT molecular complexity index is 204. The zero-order chi connectivity index (χ0) is 13.3. The molecule has 102 valence electrons. The number of hydrogen-bond acceptors (Lipinski definition) is 3. The minimum Gasteiger partial charge on any atom is -0.443 e. The van der Waals surface area contributed by atoms with Crippen molar-refractivity contribution in [1.82, 2.24) is 10.4 Å². The molecule has 1 N–H and O–H groups in total. The third-order valence-corrected chi connectivity index (χ3v) is 2.21. The monoisotopic (exact) mass is 244 g/mol. The highest BCUT2D eigenvalue weighted by Gasteiger charge is 2.17. The Hall–Kier alpha value is -0.770. The van der Waals surface area contributed by atoms with Crippen LogP contribution in [0.2, 0.25) is 0 Å². The molecule has 4 nitrogen and oxygen atoms in total. The van der Waals surface area contributed by atoms with Crippen molar-refractivity contribution in [1.29, 1.82) is 0 Å². The molecule has 0 aliphatic carbocycles. The lowest BCUT2D eigenvalue weighted by Gasteiger charge is -2.26. The molecule has 17 heavy (non-hydrogen) atoms. The van der Waals surface area contributed by atoms with Gasteiger partial charge >= 0.3 is 6.09 Å². The first-order valence-electron chi connectivity index (χ1n) is 6.63. The summed E-state index contributed by atoms with van der Waals surface area (Å²) in [4.78, 5) is 11.6. The first-order valence-corrected chi connectivity index (χ1v) is 6.63. The van der Waals surface area contributed by atoms with Crippen LogP contribution in [0.3, 0.4) is 0 Å². The molecule has 0 aliphatic rings. The second-order valence-corrected chi connectivity index (χ2v) is 5.31. The second kappa shape index (κ2) is 8.34. The average molecular weight is 244 g/mol. The minimum atomic E-state index is -0.439. The van der Waals surface area contributed by atoms with Gasteiger partial charge in [-0.05, 0) is 33.6 Å². The van der Waals surface area contributed by atoms with Crippen LogP contribution >= 0.6 is 0 Å². The number of hydrogen-bond donors (Lipinski definition) is 1. The summed E-state index contributed by atoms with van der Waals surface area (Å²) in [5.74, 6) is 0. The molecule has 1 amide bonds. The molecule has 0 aromatic heterocycles. The molecule has 0 unspecified atom stereocenters. The van der Waals surface area contributed by atoms with Crippen LogP contribution in [0, 0.1) is 0 Å². The van der Waals surface area contributed by atoms with Crippen molar-refractivity contribution in [3.63, 3.8) is 0 Å². The van der Waals surface area contributed by atoms with Crippen LogP contribution in [-0.4, -0.2) is 29.8 Å². The van der Waals surface area contributed by atoms with E-state index in [0.29, 0.717) is 0 Å². The molecule has 0 aromatic rings. The summed E-state index contributed by atoms with van der Waals surface area (Å²) in [7, 11) is 0. The predicted molar refractivity (Wildman–Crippen MR) is 70.8 cm³/mol. The zero-order valence-corrected chi connectivity index (χ0v) is 12.0. The van der Waals surface area contributed by atoms with Crippen LogP contribution in [-0.2, 0) is 4.74 Å². The number of ether oxygens (including phenoxy) is 1. The van der Waals surface area contributed by atoms with E-state index >= 15 is 0 Å². The minimum absolute atomic E-state index is 0.357. The maximum Gasteiger partial charge on any atom is 0.422 e. The summed E-state index contributed by atoms with van der Waals surface area (Å²) in [6.45, 7) is 11.7. The van der Waals surface area contributed by atoms with Crippen LogP contribution < -0.4 is 5.43 Å². The van der Waals surface area contributed by atoms with Gasteiger partial charge in [0.15, 0.2) is 0 Å². The van der Waals surface area contributed by atoms with Gasteiger partial charge in [0.25, 0.3) is 0 Å². The normalized spacial score (nSPS) is 11.6. The number of hydrazine groups is 1. The molecule has 0 rings (SSSR count). The topological polar surface area (TPSA) is 41.6 Å². The summed E-state index contributed by atoms with van der Waals surface area (Å²) in [5, 5.41) is 1.96. The Morgan fingerprint density at radius 1 is 1.12 bits per heavy atom. The standard InChI is InChI=1S/C13H28N2O2/c1-6-8-10-15(11-9-7-2)14-12(16)17-13(3,4)5/h6-11H2,1-5H3,(H,14,16). The summed E-state index contributed by atoms with van der Waals surface area (Å²) >= 11 is 0. The Labute approximate surface area is 106 Å². The molecule has 0 heterocycles. The quantitative estimate of drug-likeness (QED) is 0.698. The van der Waals surface area contributed by atoms with Gasteiger partial charge in [0.2, 0.25) is 0 Å². The van der Waals surface area contributed by atoms with Gasteiger partial charge in [-0.3, -0.25) is 5.43 Å². The van der Waals surface area contributed by atoms with Crippen LogP contribution in [0.4, 0.5) is 4.79 Å². The van der Waals surface area contributed by atoms with E-state index in [-0.39, 0.29) is 6.09 Å². The molecular weight excluding hydrogens is 216 g/mol. The highest BCUT2D eigenvalue weighted by atomic mass is 16.6. The van der Waals surface area contributed by atoms with Gasteiger partial charge in [0.1, 0.15) is 5.60 Å². The van der Waals surface area contributed by atoms with E-state index in [4.69, 9.17) is 4.74 Å². The van der Waals surface area contributed by atoms with Gasteiger partial charge < -0.3 is 4.74 Å². The highest BCUT2D eigenvalue weighted by molar-refractivity contribution is 5.67. The molecule has 0 atom stereocenters. The highest BCUT2D eigenvalue weighted by Crippen LogP contribution is 2.07. The van der Waals surface area contributed by atoms with Gasteiger partial charge in [0, 0.05) is 13.1 Å². The molecule has 0 spiro atoms. The molecule has 0 radical (unpaired) electrons. The van der Waals surface area contributed by atoms with Crippen LogP contribution in [0.1, 0.15) is 60.3 Å². The third kappa shape index (κ3) is 10.1. The van der Waals surface area contributed by atoms with E-state index in [2.05, 4.69) is 19.3 Å². The fourth-order valence-electron chi connectivity index (χ4n) is 1.35. The molecule has 0 fully saturated rings. The van der Waals surface area contributed by atoms with Gasteiger partial charge in [0.05, 0.1) is 0 Å². The van der Waals surface area contributed by atoms with Crippen molar-refractivity contribution in [2.24, 2.45) is 0 Å². The summed E-state index contributed by atoms with van der Waals surface area (Å²) in [6.07, 6.45) is 4.06. The molecule has 0 bridgehead atoms. The Morgan fingerprint density at radius 2 is 1.59 bits per heavy atom. The van der Waals surface area contributed by atoms with Gasteiger partial charge in [-0.25, -0.2) is 9.80 Å². The Kier molecular flexibility index (Phi) is 7.96. The van der Waals surface area contributed by atoms with Gasteiger partial charge in [-0.1, -0.05) is 26.7 Å². The van der Waals surface area contributed by atoms with Crippen molar-refractivity contribution >= 4 is 6.09 Å². The lowest BCUT2D eigenvalue weighted by molar-refractivity contribution is 0.0324. The maximum atomic E-state index is 11.6.